The molecule has 0 heterocycles. The number of aliphatic imine (C=N–C) groups is 1. The molecule has 17 heavy (non-hydrogen) atoms. The van der Waals surface area contributed by atoms with Crippen LogP contribution in [0.2, 0.25) is 0 Å². The summed E-state index contributed by atoms with van der Waals surface area (Å²) in [5.74, 6) is -0.170. The van der Waals surface area contributed by atoms with Crippen molar-refractivity contribution in [3.8, 4) is 11.8 Å². The lowest BCUT2D eigenvalue weighted by molar-refractivity contribution is -0.0499. The number of halogens is 2. The summed E-state index contributed by atoms with van der Waals surface area (Å²) < 4.78 is 28.4. The van der Waals surface area contributed by atoms with E-state index in [0.717, 1.165) is 0 Å². The molecule has 0 fully saturated rings. The lowest BCUT2D eigenvalue weighted by Gasteiger charge is -2.08. The average molecular weight is 239 g/mol. The Balaban J connectivity index is 3.11. The topological polar surface area (TPSA) is 48.6 Å². The number of ether oxygens (including phenoxy) is 1. The van der Waals surface area contributed by atoms with Crippen LogP contribution in [0.3, 0.4) is 0 Å². The molecule has 1 aromatic rings. The fourth-order valence-electron chi connectivity index (χ4n) is 1.11. The third-order valence-electron chi connectivity index (χ3n) is 1.76. The molecule has 0 radical (unpaired) electrons. The smallest absolute Gasteiger partial charge is 0.387 e. The number of benzene rings is 1. The molecule has 0 saturated heterocycles. The summed E-state index contributed by atoms with van der Waals surface area (Å²) in [7, 11) is 3.52. The molecule has 0 N–H and O–H groups in total. The number of rotatable bonds is 4. The first-order valence-corrected chi connectivity index (χ1v) is 4.73. The maximum Gasteiger partial charge on any atom is 0.387 e. The van der Waals surface area contributed by atoms with E-state index in [2.05, 4.69) is 9.73 Å². The molecule has 0 aromatic heterocycles. The highest BCUT2D eigenvalue weighted by Crippen LogP contribution is 2.28. The molecule has 0 aliphatic heterocycles. The largest absolute Gasteiger partial charge is 0.433 e. The molecule has 90 valence electrons. The van der Waals surface area contributed by atoms with Crippen molar-refractivity contribution >= 4 is 12.0 Å². The van der Waals surface area contributed by atoms with Crippen LogP contribution in [0.15, 0.2) is 23.2 Å². The maximum absolute atomic E-state index is 12.1. The Morgan fingerprint density at radius 1 is 1.47 bits per heavy atom. The summed E-state index contributed by atoms with van der Waals surface area (Å²) in [6.07, 6.45) is 1.47. The van der Waals surface area contributed by atoms with Crippen LogP contribution >= 0.6 is 0 Å². The molecule has 1 rings (SSSR count). The SMILES string of the molecule is CN(C)/C=N/c1cccc(OC(F)F)c1C#N. The monoisotopic (exact) mass is 239 g/mol. The fraction of sp³-hybridized carbons (Fsp3) is 0.273. The Labute approximate surface area is 97.7 Å². The van der Waals surface area contributed by atoms with E-state index in [0.29, 0.717) is 5.69 Å². The van der Waals surface area contributed by atoms with Crippen LogP contribution in [-0.4, -0.2) is 31.9 Å². The highest BCUT2D eigenvalue weighted by Gasteiger charge is 2.12. The third-order valence-corrected chi connectivity index (χ3v) is 1.76. The number of hydrogen-bond acceptors (Lipinski definition) is 3. The number of nitrogens with zero attached hydrogens (tertiary/aromatic N) is 3. The minimum Gasteiger partial charge on any atom is -0.433 e. The predicted octanol–water partition coefficient (Wildman–Crippen LogP) is 2.38. The average Bonchev–Trinajstić information content (AvgIpc) is 2.25. The highest BCUT2D eigenvalue weighted by molar-refractivity contribution is 5.67. The minimum atomic E-state index is -2.96. The first kappa shape index (κ1) is 12.9. The van der Waals surface area contributed by atoms with Gasteiger partial charge in [-0.3, -0.25) is 0 Å². The van der Waals surface area contributed by atoms with Crippen LogP contribution in [0.4, 0.5) is 14.5 Å². The van der Waals surface area contributed by atoms with Gasteiger partial charge in [-0.2, -0.15) is 14.0 Å². The summed E-state index contributed by atoms with van der Waals surface area (Å²) >= 11 is 0. The molecule has 4 nitrogen and oxygen atoms in total. The number of hydrogen-bond donors (Lipinski definition) is 0. The summed E-state index contributed by atoms with van der Waals surface area (Å²) in [5.41, 5.74) is 0.283. The molecule has 0 bridgehead atoms. The van der Waals surface area contributed by atoms with Gasteiger partial charge in [0.1, 0.15) is 17.4 Å². The Morgan fingerprint density at radius 2 is 2.18 bits per heavy atom. The van der Waals surface area contributed by atoms with Gasteiger partial charge < -0.3 is 9.64 Å². The molecule has 0 unspecified atom stereocenters. The van der Waals surface area contributed by atoms with Crippen LogP contribution in [0.1, 0.15) is 5.56 Å². The van der Waals surface area contributed by atoms with Gasteiger partial charge in [0.15, 0.2) is 0 Å². The minimum absolute atomic E-state index is 0.00843. The number of nitriles is 1. The molecule has 0 saturated carbocycles. The fourth-order valence-corrected chi connectivity index (χ4v) is 1.11. The maximum atomic E-state index is 12.1. The molecule has 0 atom stereocenters. The van der Waals surface area contributed by atoms with Crippen LogP contribution in [0, 0.1) is 11.3 Å². The van der Waals surface area contributed by atoms with E-state index in [1.54, 1.807) is 31.1 Å². The van der Waals surface area contributed by atoms with Crippen molar-refractivity contribution in [1.29, 1.82) is 5.26 Å². The van der Waals surface area contributed by atoms with E-state index < -0.39 is 6.61 Å². The Hall–Kier alpha value is -2.16. The second-order valence-corrected chi connectivity index (χ2v) is 3.35. The van der Waals surface area contributed by atoms with E-state index in [9.17, 15) is 8.78 Å². The van der Waals surface area contributed by atoms with Gasteiger partial charge in [-0.05, 0) is 12.1 Å². The second kappa shape index (κ2) is 5.80. The lowest BCUT2D eigenvalue weighted by Crippen LogP contribution is -2.07. The van der Waals surface area contributed by atoms with Gasteiger partial charge in [0.25, 0.3) is 0 Å². The molecular weight excluding hydrogens is 228 g/mol. The van der Waals surface area contributed by atoms with Crippen molar-refractivity contribution in [2.45, 2.75) is 6.61 Å². The van der Waals surface area contributed by atoms with E-state index in [1.165, 1.54) is 18.5 Å². The molecular formula is C11H11F2N3O. The van der Waals surface area contributed by atoms with E-state index >= 15 is 0 Å². The van der Waals surface area contributed by atoms with Crippen molar-refractivity contribution in [2.24, 2.45) is 4.99 Å². The Kier molecular flexibility index (Phi) is 4.40. The molecule has 0 spiro atoms. The van der Waals surface area contributed by atoms with E-state index in [1.807, 2.05) is 0 Å². The second-order valence-electron chi connectivity index (χ2n) is 3.35. The summed E-state index contributed by atoms with van der Waals surface area (Å²) in [5, 5.41) is 8.91. The zero-order valence-electron chi connectivity index (χ0n) is 9.39. The zero-order chi connectivity index (χ0) is 12.8. The van der Waals surface area contributed by atoms with Gasteiger partial charge in [0.05, 0.1) is 12.0 Å². The molecule has 6 heteroatoms. The standard InChI is InChI=1S/C11H11F2N3O/c1-16(2)7-15-9-4-3-5-10(8(9)6-14)17-11(12)13/h3-5,7,11H,1-2H3/b15-7+. The van der Waals surface area contributed by atoms with Gasteiger partial charge in [-0.1, -0.05) is 6.07 Å². The molecule has 0 amide bonds. The third kappa shape index (κ3) is 3.72. The number of alkyl halides is 2. The Bertz CT molecular complexity index is 453. The van der Waals surface area contributed by atoms with Crippen molar-refractivity contribution in [1.82, 2.24) is 4.90 Å². The van der Waals surface area contributed by atoms with Crippen molar-refractivity contribution in [3.05, 3.63) is 23.8 Å². The molecule has 0 aliphatic carbocycles. The normalized spacial score (nSPS) is 10.6. The van der Waals surface area contributed by atoms with Gasteiger partial charge in [-0.25, -0.2) is 4.99 Å². The predicted molar refractivity (Wildman–Crippen MR) is 59.6 cm³/mol. The van der Waals surface area contributed by atoms with Gasteiger partial charge in [-0.15, -0.1) is 0 Å². The van der Waals surface area contributed by atoms with E-state index in [4.69, 9.17) is 5.26 Å². The van der Waals surface area contributed by atoms with Gasteiger partial charge in [0.2, 0.25) is 0 Å². The van der Waals surface area contributed by atoms with Crippen LogP contribution < -0.4 is 4.74 Å². The molecule has 1 aromatic carbocycles. The summed E-state index contributed by atoms with van der Waals surface area (Å²) in [6.45, 7) is -2.96. The quantitative estimate of drug-likeness (QED) is 0.598. The first-order valence-electron chi connectivity index (χ1n) is 4.73. The summed E-state index contributed by atoms with van der Waals surface area (Å²) in [6, 6.07) is 6.16. The van der Waals surface area contributed by atoms with Crippen LogP contribution in [0.25, 0.3) is 0 Å². The highest BCUT2D eigenvalue weighted by atomic mass is 19.3. The first-order chi connectivity index (χ1) is 8.04. The van der Waals surface area contributed by atoms with Crippen molar-refractivity contribution in [2.75, 3.05) is 14.1 Å². The lowest BCUT2D eigenvalue weighted by atomic mass is 10.2. The van der Waals surface area contributed by atoms with Crippen LogP contribution in [-0.2, 0) is 0 Å². The van der Waals surface area contributed by atoms with Crippen molar-refractivity contribution in [3.63, 3.8) is 0 Å². The van der Waals surface area contributed by atoms with Gasteiger partial charge >= 0.3 is 6.61 Å². The zero-order valence-corrected chi connectivity index (χ0v) is 9.39. The van der Waals surface area contributed by atoms with Crippen LogP contribution in [0.5, 0.6) is 5.75 Å². The summed E-state index contributed by atoms with van der Waals surface area (Å²) in [4.78, 5) is 5.67. The molecule has 0 aliphatic rings. The Morgan fingerprint density at radius 3 is 2.71 bits per heavy atom. The van der Waals surface area contributed by atoms with Gasteiger partial charge in [0, 0.05) is 14.1 Å². The van der Waals surface area contributed by atoms with E-state index in [-0.39, 0.29) is 11.3 Å². The van der Waals surface area contributed by atoms with Crippen molar-refractivity contribution < 1.29 is 13.5 Å².